The second kappa shape index (κ2) is 8.02. The maximum absolute atomic E-state index is 12.0. The summed E-state index contributed by atoms with van der Waals surface area (Å²) in [4.78, 5) is 16.0. The number of carbonyl (C=O) groups is 1. The summed E-state index contributed by atoms with van der Waals surface area (Å²) in [7, 11) is 0. The molecule has 0 radical (unpaired) electrons. The zero-order valence-corrected chi connectivity index (χ0v) is 15.6. The number of nitrogens with zero attached hydrogens (tertiary/aromatic N) is 2. The molecule has 1 aliphatic heterocycles. The van der Waals surface area contributed by atoms with Gasteiger partial charge in [-0.3, -0.25) is 0 Å². The second-order valence-electron chi connectivity index (χ2n) is 6.49. The number of piperazine rings is 1. The molecular formula is C17H24N2O2S2. The highest BCUT2D eigenvalue weighted by molar-refractivity contribution is 8.22. The van der Waals surface area contributed by atoms with Crippen LogP contribution in [-0.2, 0) is 10.5 Å². The zero-order valence-electron chi connectivity index (χ0n) is 13.9. The molecule has 1 heterocycles. The Morgan fingerprint density at radius 1 is 1.13 bits per heavy atom. The highest BCUT2D eigenvalue weighted by atomic mass is 32.2. The van der Waals surface area contributed by atoms with Gasteiger partial charge in [-0.15, -0.1) is 0 Å². The average molecular weight is 353 g/mol. The van der Waals surface area contributed by atoms with Crippen LogP contribution in [0.2, 0.25) is 0 Å². The summed E-state index contributed by atoms with van der Waals surface area (Å²) in [5, 5.41) is 0. The molecular weight excluding hydrogens is 328 g/mol. The van der Waals surface area contributed by atoms with Gasteiger partial charge in [0.1, 0.15) is 9.92 Å². The number of thioether (sulfide) groups is 1. The summed E-state index contributed by atoms with van der Waals surface area (Å²) in [5.74, 6) is 0.881. The molecule has 6 heteroatoms. The molecule has 1 amide bonds. The van der Waals surface area contributed by atoms with Crippen molar-refractivity contribution in [2.75, 3.05) is 26.2 Å². The van der Waals surface area contributed by atoms with Gasteiger partial charge in [0.2, 0.25) is 0 Å². The summed E-state index contributed by atoms with van der Waals surface area (Å²) in [6, 6.07) is 10.3. The van der Waals surface area contributed by atoms with E-state index in [9.17, 15) is 4.79 Å². The Kier molecular flexibility index (Phi) is 6.30. The maximum atomic E-state index is 12.0. The minimum atomic E-state index is -0.449. The SMILES string of the molecule is CC(C)(C)OC(=O)N1CCN(C(=S)SCc2ccccc2)CC1. The molecule has 1 aromatic carbocycles. The second-order valence-corrected chi connectivity index (χ2v) is 8.10. The molecule has 0 aliphatic carbocycles. The first kappa shape index (κ1) is 18.1. The topological polar surface area (TPSA) is 32.8 Å². The van der Waals surface area contributed by atoms with Gasteiger partial charge in [-0.05, 0) is 26.3 Å². The molecule has 1 aliphatic rings. The van der Waals surface area contributed by atoms with Gasteiger partial charge in [-0.2, -0.15) is 0 Å². The van der Waals surface area contributed by atoms with Crippen molar-refractivity contribution in [3.8, 4) is 0 Å². The van der Waals surface area contributed by atoms with Gasteiger partial charge >= 0.3 is 6.09 Å². The first-order valence-corrected chi connectivity index (χ1v) is 9.18. The quantitative estimate of drug-likeness (QED) is 0.757. The fraction of sp³-hybridized carbons (Fsp3) is 0.529. The summed E-state index contributed by atoms with van der Waals surface area (Å²) in [6.07, 6.45) is -0.236. The molecule has 4 nitrogen and oxygen atoms in total. The highest BCUT2D eigenvalue weighted by Gasteiger charge is 2.26. The highest BCUT2D eigenvalue weighted by Crippen LogP contribution is 2.18. The van der Waals surface area contributed by atoms with E-state index in [-0.39, 0.29) is 6.09 Å². The van der Waals surface area contributed by atoms with E-state index in [1.54, 1.807) is 16.7 Å². The molecule has 0 aromatic heterocycles. The standard InChI is InChI=1S/C17H24N2O2S2/c1-17(2,3)21-15(20)18-9-11-19(12-10-18)16(22)23-13-14-7-5-4-6-8-14/h4-8H,9-13H2,1-3H3. The van der Waals surface area contributed by atoms with Crippen molar-refractivity contribution in [2.45, 2.75) is 32.1 Å². The first-order valence-electron chi connectivity index (χ1n) is 7.79. The Morgan fingerprint density at radius 2 is 1.70 bits per heavy atom. The third-order valence-electron chi connectivity index (χ3n) is 3.39. The van der Waals surface area contributed by atoms with Crippen molar-refractivity contribution >= 4 is 34.4 Å². The molecule has 1 saturated heterocycles. The van der Waals surface area contributed by atoms with Crippen LogP contribution in [0.4, 0.5) is 4.79 Å². The van der Waals surface area contributed by atoms with E-state index in [2.05, 4.69) is 17.0 Å². The Bertz CT molecular complexity index is 535. The van der Waals surface area contributed by atoms with Crippen LogP contribution < -0.4 is 0 Å². The van der Waals surface area contributed by atoms with Crippen molar-refractivity contribution in [3.05, 3.63) is 35.9 Å². The molecule has 2 rings (SSSR count). The lowest BCUT2D eigenvalue weighted by Gasteiger charge is -2.36. The largest absolute Gasteiger partial charge is 0.444 e. The van der Waals surface area contributed by atoms with Crippen LogP contribution >= 0.6 is 24.0 Å². The van der Waals surface area contributed by atoms with E-state index in [0.717, 1.165) is 23.2 Å². The minimum absolute atomic E-state index is 0.236. The Labute approximate surface area is 148 Å². The van der Waals surface area contributed by atoms with Crippen LogP contribution in [0.1, 0.15) is 26.3 Å². The summed E-state index contributed by atoms with van der Waals surface area (Å²) in [5.41, 5.74) is 0.821. The molecule has 1 fully saturated rings. The lowest BCUT2D eigenvalue weighted by molar-refractivity contribution is 0.0189. The first-order chi connectivity index (χ1) is 10.8. The van der Waals surface area contributed by atoms with Crippen LogP contribution in [0, 0.1) is 0 Å². The minimum Gasteiger partial charge on any atom is -0.444 e. The van der Waals surface area contributed by atoms with E-state index in [1.807, 2.05) is 39.0 Å². The summed E-state index contributed by atoms with van der Waals surface area (Å²) >= 11 is 7.20. The normalized spacial score (nSPS) is 15.4. The number of ether oxygens (including phenoxy) is 1. The number of rotatable bonds is 2. The zero-order chi connectivity index (χ0) is 16.9. The van der Waals surface area contributed by atoms with Crippen molar-refractivity contribution in [1.29, 1.82) is 0 Å². The van der Waals surface area contributed by atoms with Gasteiger partial charge in [-0.25, -0.2) is 4.79 Å². The van der Waals surface area contributed by atoms with E-state index in [1.165, 1.54) is 5.56 Å². The van der Waals surface area contributed by atoms with Crippen LogP contribution in [-0.4, -0.2) is 52.0 Å². The number of carbonyl (C=O) groups excluding carboxylic acids is 1. The third kappa shape index (κ3) is 6.03. The van der Waals surface area contributed by atoms with Gasteiger partial charge in [0.05, 0.1) is 0 Å². The molecule has 0 bridgehead atoms. The Morgan fingerprint density at radius 3 is 2.26 bits per heavy atom. The molecule has 0 N–H and O–H groups in total. The van der Waals surface area contributed by atoms with Gasteiger partial charge in [0.15, 0.2) is 0 Å². The van der Waals surface area contributed by atoms with Crippen molar-refractivity contribution in [3.63, 3.8) is 0 Å². The maximum Gasteiger partial charge on any atom is 0.410 e. The third-order valence-corrected chi connectivity index (χ3v) is 4.99. The van der Waals surface area contributed by atoms with E-state index in [4.69, 9.17) is 17.0 Å². The van der Waals surface area contributed by atoms with Gasteiger partial charge in [0.25, 0.3) is 0 Å². The fourth-order valence-corrected chi connectivity index (χ4v) is 3.42. The van der Waals surface area contributed by atoms with Crippen molar-refractivity contribution in [1.82, 2.24) is 9.80 Å². The monoisotopic (exact) mass is 352 g/mol. The van der Waals surface area contributed by atoms with Gasteiger partial charge in [0, 0.05) is 31.9 Å². The van der Waals surface area contributed by atoms with Crippen LogP contribution in [0.25, 0.3) is 0 Å². The van der Waals surface area contributed by atoms with Gasteiger partial charge in [-0.1, -0.05) is 54.3 Å². The average Bonchev–Trinajstić information content (AvgIpc) is 2.52. The number of thiocarbonyl (C=S) groups is 1. The van der Waals surface area contributed by atoms with Crippen LogP contribution in [0.5, 0.6) is 0 Å². The molecule has 23 heavy (non-hydrogen) atoms. The van der Waals surface area contributed by atoms with E-state index in [0.29, 0.717) is 13.1 Å². The lowest BCUT2D eigenvalue weighted by Crippen LogP contribution is -2.50. The van der Waals surface area contributed by atoms with Crippen molar-refractivity contribution in [2.24, 2.45) is 0 Å². The molecule has 0 unspecified atom stereocenters. The predicted molar refractivity (Wildman–Crippen MR) is 99.7 cm³/mol. The summed E-state index contributed by atoms with van der Waals surface area (Å²) < 4.78 is 6.31. The lowest BCUT2D eigenvalue weighted by atomic mass is 10.2. The fourth-order valence-electron chi connectivity index (χ4n) is 2.21. The number of amides is 1. The molecule has 1 aromatic rings. The smallest absolute Gasteiger partial charge is 0.410 e. The molecule has 0 spiro atoms. The Hall–Kier alpha value is -1.27. The number of hydrogen-bond donors (Lipinski definition) is 0. The van der Waals surface area contributed by atoms with E-state index < -0.39 is 5.60 Å². The number of hydrogen-bond acceptors (Lipinski definition) is 4. The molecule has 0 atom stereocenters. The summed E-state index contributed by atoms with van der Waals surface area (Å²) in [6.45, 7) is 8.49. The molecule has 0 saturated carbocycles. The molecule has 126 valence electrons. The van der Waals surface area contributed by atoms with Gasteiger partial charge < -0.3 is 14.5 Å². The van der Waals surface area contributed by atoms with Crippen molar-refractivity contribution < 1.29 is 9.53 Å². The van der Waals surface area contributed by atoms with E-state index >= 15 is 0 Å². The number of benzene rings is 1. The predicted octanol–water partition coefficient (Wildman–Crippen LogP) is 3.76. The Balaban J connectivity index is 1.75. The van der Waals surface area contributed by atoms with Crippen LogP contribution in [0.3, 0.4) is 0 Å². The van der Waals surface area contributed by atoms with Crippen LogP contribution in [0.15, 0.2) is 30.3 Å².